The number of hydrogen-bond donors (Lipinski definition) is 1. The van der Waals surface area contributed by atoms with Gasteiger partial charge in [0.2, 0.25) is 0 Å². The van der Waals surface area contributed by atoms with Gasteiger partial charge in [0.05, 0.1) is 37.2 Å². The van der Waals surface area contributed by atoms with Crippen molar-refractivity contribution >= 4 is 23.3 Å². The highest BCUT2D eigenvalue weighted by Gasteiger charge is 2.44. The van der Waals surface area contributed by atoms with Crippen molar-refractivity contribution in [3.63, 3.8) is 0 Å². The number of anilines is 1. The van der Waals surface area contributed by atoms with Gasteiger partial charge in [-0.1, -0.05) is 0 Å². The first-order chi connectivity index (χ1) is 12.2. The van der Waals surface area contributed by atoms with E-state index in [1.165, 1.54) is 9.80 Å². The van der Waals surface area contributed by atoms with Crippen molar-refractivity contribution in [3.8, 4) is 0 Å². The van der Waals surface area contributed by atoms with E-state index in [0.29, 0.717) is 36.2 Å². The molecule has 25 heavy (non-hydrogen) atoms. The Morgan fingerprint density at radius 1 is 1.24 bits per heavy atom. The number of aromatic nitrogens is 2. The summed E-state index contributed by atoms with van der Waals surface area (Å²) in [6, 6.07) is 1.48. The van der Waals surface area contributed by atoms with E-state index in [1.54, 1.807) is 6.20 Å². The first kappa shape index (κ1) is 14.9. The van der Waals surface area contributed by atoms with Gasteiger partial charge < -0.3 is 14.2 Å². The van der Waals surface area contributed by atoms with Crippen molar-refractivity contribution in [1.82, 2.24) is 14.3 Å². The summed E-state index contributed by atoms with van der Waals surface area (Å²) in [5.41, 5.74) is 2.89. The van der Waals surface area contributed by atoms with Crippen LogP contribution in [-0.4, -0.2) is 57.1 Å². The summed E-state index contributed by atoms with van der Waals surface area (Å²) >= 11 is 0. The molecule has 0 unspecified atom stereocenters. The molecule has 8 heteroatoms. The lowest BCUT2D eigenvalue weighted by Crippen LogP contribution is -2.52. The van der Waals surface area contributed by atoms with E-state index in [9.17, 15) is 14.7 Å². The van der Waals surface area contributed by atoms with Gasteiger partial charge in [-0.05, 0) is 30.4 Å². The number of carbonyl (C=O) groups is 2. The predicted molar refractivity (Wildman–Crippen MR) is 87.3 cm³/mol. The molecule has 0 bridgehead atoms. The van der Waals surface area contributed by atoms with Crippen LogP contribution in [0.15, 0.2) is 18.5 Å². The minimum absolute atomic E-state index is 0.0143. The molecule has 2 aliphatic heterocycles. The Labute approximate surface area is 143 Å². The highest BCUT2D eigenvalue weighted by Crippen LogP contribution is 2.42. The summed E-state index contributed by atoms with van der Waals surface area (Å²) in [6.07, 6.45) is 6.03. The number of pyridine rings is 1. The minimum atomic E-state index is -0.318. The number of imide groups is 1. The standard InChI is InChI=1S/C17H18N4O4/c22-7-12-5-19-4-11(10-1-2-10)3-14(16(19)18-12)20-6-15(23)21(17(20)24)13-8-25-9-13/h3-5,10,13,22H,1-2,6-9H2. The van der Waals surface area contributed by atoms with Crippen molar-refractivity contribution < 1.29 is 19.4 Å². The minimum Gasteiger partial charge on any atom is -0.390 e. The number of aliphatic hydroxyl groups excluding tert-OH is 1. The van der Waals surface area contributed by atoms with Crippen LogP contribution in [-0.2, 0) is 16.1 Å². The van der Waals surface area contributed by atoms with Crippen LogP contribution >= 0.6 is 0 Å². The van der Waals surface area contributed by atoms with Crippen LogP contribution in [0.5, 0.6) is 0 Å². The number of hydrogen-bond acceptors (Lipinski definition) is 5. The lowest BCUT2D eigenvalue weighted by molar-refractivity contribution is -0.134. The van der Waals surface area contributed by atoms with Crippen molar-refractivity contribution in [2.75, 3.05) is 24.7 Å². The lowest BCUT2D eigenvalue weighted by Gasteiger charge is -2.32. The summed E-state index contributed by atoms with van der Waals surface area (Å²) in [7, 11) is 0. The van der Waals surface area contributed by atoms with Gasteiger partial charge in [0.25, 0.3) is 5.91 Å². The molecule has 4 heterocycles. The number of fused-ring (bicyclic) bond motifs is 1. The Balaban J connectivity index is 1.60. The van der Waals surface area contributed by atoms with Crippen LogP contribution in [0, 0.1) is 0 Å². The first-order valence-electron chi connectivity index (χ1n) is 8.49. The number of nitrogens with zero attached hydrogens (tertiary/aromatic N) is 4. The molecule has 3 aliphatic rings. The highest BCUT2D eigenvalue weighted by molar-refractivity contribution is 6.13. The molecule has 130 valence electrons. The van der Waals surface area contributed by atoms with Crippen molar-refractivity contribution in [2.24, 2.45) is 0 Å². The molecule has 8 nitrogen and oxygen atoms in total. The zero-order chi connectivity index (χ0) is 17.1. The molecular formula is C17H18N4O4. The molecule has 5 rings (SSSR count). The molecule has 0 radical (unpaired) electrons. The molecule has 0 spiro atoms. The zero-order valence-electron chi connectivity index (χ0n) is 13.6. The van der Waals surface area contributed by atoms with Gasteiger partial charge in [0, 0.05) is 12.4 Å². The Morgan fingerprint density at radius 3 is 2.68 bits per heavy atom. The smallest absolute Gasteiger partial charge is 0.332 e. The Bertz CT molecular complexity index is 884. The summed E-state index contributed by atoms with van der Waals surface area (Å²) in [6.45, 7) is 0.653. The summed E-state index contributed by atoms with van der Waals surface area (Å²) in [4.78, 5) is 32.5. The van der Waals surface area contributed by atoms with Crippen LogP contribution in [0.4, 0.5) is 10.5 Å². The predicted octanol–water partition coefficient (Wildman–Crippen LogP) is 0.871. The second-order valence-electron chi connectivity index (χ2n) is 6.88. The largest absolute Gasteiger partial charge is 0.390 e. The number of imidazole rings is 1. The average Bonchev–Trinajstić information content (AvgIpc) is 3.27. The van der Waals surface area contributed by atoms with Crippen LogP contribution < -0.4 is 4.90 Å². The number of ether oxygens (including phenoxy) is 1. The number of rotatable bonds is 4. The van der Waals surface area contributed by atoms with Crippen molar-refractivity contribution in [3.05, 3.63) is 29.7 Å². The van der Waals surface area contributed by atoms with Gasteiger partial charge in [0.15, 0.2) is 5.65 Å². The molecular weight excluding hydrogens is 324 g/mol. The topological polar surface area (TPSA) is 87.4 Å². The number of aliphatic hydroxyl groups is 1. The maximum Gasteiger partial charge on any atom is 0.332 e. The number of carbonyl (C=O) groups excluding carboxylic acids is 2. The van der Waals surface area contributed by atoms with Crippen LogP contribution in [0.25, 0.3) is 5.65 Å². The summed E-state index contributed by atoms with van der Waals surface area (Å²) in [5, 5.41) is 9.40. The zero-order valence-corrected chi connectivity index (χ0v) is 13.6. The molecule has 0 atom stereocenters. The lowest BCUT2D eigenvalue weighted by atomic mass is 10.1. The molecule has 0 aromatic carbocycles. The first-order valence-corrected chi connectivity index (χ1v) is 8.49. The Morgan fingerprint density at radius 2 is 2.04 bits per heavy atom. The van der Waals surface area contributed by atoms with E-state index >= 15 is 0 Å². The third-order valence-electron chi connectivity index (χ3n) is 5.09. The maximum atomic E-state index is 12.9. The van der Waals surface area contributed by atoms with Crippen LogP contribution in [0.2, 0.25) is 0 Å². The third kappa shape index (κ3) is 2.25. The fourth-order valence-corrected chi connectivity index (χ4v) is 3.50. The van der Waals surface area contributed by atoms with Crippen LogP contribution in [0.3, 0.4) is 0 Å². The molecule has 1 saturated carbocycles. The van der Waals surface area contributed by atoms with Crippen molar-refractivity contribution in [1.29, 1.82) is 0 Å². The molecule has 1 N–H and O–H groups in total. The van der Waals surface area contributed by atoms with Crippen LogP contribution in [0.1, 0.15) is 30.0 Å². The third-order valence-corrected chi connectivity index (χ3v) is 5.09. The molecule has 3 amide bonds. The summed E-state index contributed by atoms with van der Waals surface area (Å²) < 4.78 is 6.97. The van der Waals surface area contributed by atoms with E-state index in [2.05, 4.69) is 4.98 Å². The number of amides is 3. The highest BCUT2D eigenvalue weighted by atomic mass is 16.5. The average molecular weight is 342 g/mol. The van der Waals surface area contributed by atoms with Gasteiger partial charge in [-0.2, -0.15) is 0 Å². The molecule has 1 aliphatic carbocycles. The molecule has 3 fully saturated rings. The Kier molecular flexibility index (Phi) is 3.13. The molecule has 2 aromatic heterocycles. The quantitative estimate of drug-likeness (QED) is 0.833. The fraction of sp³-hybridized carbons (Fsp3) is 0.471. The van der Waals surface area contributed by atoms with E-state index in [4.69, 9.17) is 4.74 Å². The van der Waals surface area contributed by atoms with Crippen molar-refractivity contribution in [2.45, 2.75) is 31.4 Å². The maximum absolute atomic E-state index is 12.9. The van der Waals surface area contributed by atoms with Gasteiger partial charge in [0.1, 0.15) is 6.54 Å². The molecule has 2 aromatic rings. The van der Waals surface area contributed by atoms with Gasteiger partial charge >= 0.3 is 6.03 Å². The molecule has 2 saturated heterocycles. The normalized spacial score (nSPS) is 21.5. The van der Waals surface area contributed by atoms with E-state index in [1.807, 2.05) is 16.7 Å². The monoisotopic (exact) mass is 342 g/mol. The van der Waals surface area contributed by atoms with Gasteiger partial charge in [-0.25, -0.2) is 9.78 Å². The SMILES string of the molecule is O=C1CN(c2cc(C3CC3)cn3cc(CO)nc23)C(=O)N1C1COC1. The van der Waals surface area contributed by atoms with Gasteiger partial charge in [-0.3, -0.25) is 14.6 Å². The summed E-state index contributed by atoms with van der Waals surface area (Å²) in [5.74, 6) is 0.287. The second-order valence-corrected chi connectivity index (χ2v) is 6.88. The van der Waals surface area contributed by atoms with E-state index in [-0.39, 0.29) is 31.1 Å². The second kappa shape index (κ2) is 5.27. The van der Waals surface area contributed by atoms with Gasteiger partial charge in [-0.15, -0.1) is 0 Å². The van der Waals surface area contributed by atoms with E-state index < -0.39 is 0 Å². The van der Waals surface area contributed by atoms with E-state index in [0.717, 1.165) is 18.4 Å². The fourth-order valence-electron chi connectivity index (χ4n) is 3.50. The Hall–Kier alpha value is -2.45. The number of urea groups is 1.